The smallest absolute Gasteiger partial charge is 0.416 e. The molecule has 0 radical (unpaired) electrons. The highest BCUT2D eigenvalue weighted by atomic mass is 19.4. The van der Waals surface area contributed by atoms with Gasteiger partial charge in [0, 0.05) is 13.1 Å². The zero-order valence-corrected chi connectivity index (χ0v) is 14.3. The fourth-order valence-corrected chi connectivity index (χ4v) is 2.54. The number of halogens is 3. The SMILES string of the molecule is CC1CCCN(CCOc2cccc(C(F)(F)F)c2)C1.O=C(O)C(=O)O. The van der Waals surface area contributed by atoms with Crippen LogP contribution in [-0.4, -0.2) is 53.3 Å². The molecule has 2 rings (SSSR count). The van der Waals surface area contributed by atoms with Crippen molar-refractivity contribution in [3.63, 3.8) is 0 Å². The number of carboxylic acid groups (broad SMARTS) is 2. The Morgan fingerprint density at radius 1 is 1.27 bits per heavy atom. The van der Waals surface area contributed by atoms with Crippen molar-refractivity contribution in [1.82, 2.24) is 4.90 Å². The Labute approximate surface area is 149 Å². The molecular formula is C17H22F3NO5. The van der Waals surface area contributed by atoms with Gasteiger partial charge in [0.2, 0.25) is 0 Å². The minimum absolute atomic E-state index is 0.282. The maximum absolute atomic E-state index is 12.6. The maximum Gasteiger partial charge on any atom is 0.416 e. The fraction of sp³-hybridized carbons (Fsp3) is 0.529. The van der Waals surface area contributed by atoms with E-state index in [1.807, 2.05) is 0 Å². The summed E-state index contributed by atoms with van der Waals surface area (Å²) in [6, 6.07) is 5.05. The van der Waals surface area contributed by atoms with Crippen molar-refractivity contribution in [2.45, 2.75) is 25.9 Å². The van der Waals surface area contributed by atoms with Gasteiger partial charge in [-0.15, -0.1) is 0 Å². The fourth-order valence-electron chi connectivity index (χ4n) is 2.54. The van der Waals surface area contributed by atoms with Crippen LogP contribution in [0.15, 0.2) is 24.3 Å². The van der Waals surface area contributed by atoms with Gasteiger partial charge in [0.15, 0.2) is 0 Å². The third-order valence-electron chi connectivity index (χ3n) is 3.76. The first-order valence-corrected chi connectivity index (χ1v) is 8.08. The van der Waals surface area contributed by atoms with Crippen LogP contribution in [0.3, 0.4) is 0 Å². The van der Waals surface area contributed by atoms with Gasteiger partial charge in [0.25, 0.3) is 0 Å². The molecule has 0 amide bonds. The molecule has 0 bridgehead atoms. The zero-order valence-electron chi connectivity index (χ0n) is 14.3. The van der Waals surface area contributed by atoms with Crippen LogP contribution >= 0.6 is 0 Å². The molecule has 0 aromatic heterocycles. The molecule has 1 aromatic carbocycles. The summed E-state index contributed by atoms with van der Waals surface area (Å²) in [6.07, 6.45) is -1.88. The van der Waals surface area contributed by atoms with Crippen LogP contribution in [0.5, 0.6) is 5.75 Å². The highest BCUT2D eigenvalue weighted by molar-refractivity contribution is 6.27. The number of hydrogen-bond donors (Lipinski definition) is 2. The number of alkyl halides is 3. The van der Waals surface area contributed by atoms with Gasteiger partial charge in [0.1, 0.15) is 12.4 Å². The van der Waals surface area contributed by atoms with E-state index in [2.05, 4.69) is 11.8 Å². The Balaban J connectivity index is 0.000000487. The van der Waals surface area contributed by atoms with Gasteiger partial charge >= 0.3 is 18.1 Å². The molecule has 1 fully saturated rings. The molecule has 1 unspecified atom stereocenters. The van der Waals surface area contributed by atoms with Crippen molar-refractivity contribution < 1.29 is 37.7 Å². The molecule has 1 aliphatic heterocycles. The molecule has 1 aromatic rings. The van der Waals surface area contributed by atoms with Crippen LogP contribution in [0.1, 0.15) is 25.3 Å². The first-order valence-electron chi connectivity index (χ1n) is 8.08. The molecule has 0 spiro atoms. The van der Waals surface area contributed by atoms with E-state index in [0.717, 1.165) is 31.8 Å². The average Bonchev–Trinajstić information content (AvgIpc) is 2.55. The quantitative estimate of drug-likeness (QED) is 0.785. The predicted octanol–water partition coefficient (Wildman–Crippen LogP) is 2.97. The van der Waals surface area contributed by atoms with Gasteiger partial charge in [-0.05, 0) is 43.5 Å². The van der Waals surface area contributed by atoms with Gasteiger partial charge in [-0.3, -0.25) is 4.90 Å². The molecule has 26 heavy (non-hydrogen) atoms. The largest absolute Gasteiger partial charge is 0.492 e. The van der Waals surface area contributed by atoms with E-state index in [1.165, 1.54) is 18.9 Å². The van der Waals surface area contributed by atoms with E-state index >= 15 is 0 Å². The van der Waals surface area contributed by atoms with Crippen molar-refractivity contribution in [1.29, 1.82) is 0 Å². The number of rotatable bonds is 4. The van der Waals surface area contributed by atoms with Gasteiger partial charge in [-0.1, -0.05) is 13.0 Å². The molecule has 2 N–H and O–H groups in total. The topological polar surface area (TPSA) is 87.1 Å². The molecule has 0 aliphatic carbocycles. The van der Waals surface area contributed by atoms with Gasteiger partial charge in [0.05, 0.1) is 5.56 Å². The summed E-state index contributed by atoms with van der Waals surface area (Å²) in [5.41, 5.74) is -0.665. The van der Waals surface area contributed by atoms with Crippen molar-refractivity contribution >= 4 is 11.9 Å². The molecule has 6 nitrogen and oxygen atoms in total. The molecular weight excluding hydrogens is 355 g/mol. The Bertz CT molecular complexity index is 594. The van der Waals surface area contributed by atoms with Crippen LogP contribution in [0.4, 0.5) is 13.2 Å². The van der Waals surface area contributed by atoms with Gasteiger partial charge < -0.3 is 14.9 Å². The second kappa shape index (κ2) is 10.0. The predicted molar refractivity (Wildman–Crippen MR) is 87.0 cm³/mol. The van der Waals surface area contributed by atoms with Crippen LogP contribution in [-0.2, 0) is 15.8 Å². The third kappa shape index (κ3) is 8.19. The van der Waals surface area contributed by atoms with E-state index in [-0.39, 0.29) is 5.75 Å². The first-order chi connectivity index (χ1) is 12.1. The summed E-state index contributed by atoms with van der Waals surface area (Å²) in [4.78, 5) is 20.5. The van der Waals surface area contributed by atoms with Crippen LogP contribution in [0.2, 0.25) is 0 Å². The number of ether oxygens (including phenoxy) is 1. The summed E-state index contributed by atoms with van der Waals surface area (Å²) in [5, 5.41) is 14.8. The van der Waals surface area contributed by atoms with Gasteiger partial charge in [-0.2, -0.15) is 13.2 Å². The Morgan fingerprint density at radius 2 is 1.92 bits per heavy atom. The molecule has 1 heterocycles. The minimum Gasteiger partial charge on any atom is -0.492 e. The highest BCUT2D eigenvalue weighted by Crippen LogP contribution is 2.31. The Morgan fingerprint density at radius 3 is 2.46 bits per heavy atom. The van der Waals surface area contributed by atoms with Crippen LogP contribution in [0, 0.1) is 5.92 Å². The van der Waals surface area contributed by atoms with E-state index in [1.54, 1.807) is 6.07 Å². The van der Waals surface area contributed by atoms with Crippen molar-refractivity contribution in [3.05, 3.63) is 29.8 Å². The number of aliphatic carboxylic acids is 2. The highest BCUT2D eigenvalue weighted by Gasteiger charge is 2.30. The van der Waals surface area contributed by atoms with Gasteiger partial charge in [-0.25, -0.2) is 9.59 Å². The first kappa shape index (κ1) is 21.8. The number of carbonyl (C=O) groups is 2. The third-order valence-corrected chi connectivity index (χ3v) is 3.76. The van der Waals surface area contributed by atoms with Crippen LogP contribution < -0.4 is 4.74 Å². The maximum atomic E-state index is 12.6. The molecule has 1 aliphatic rings. The van der Waals surface area contributed by atoms with Crippen molar-refractivity contribution in [2.75, 3.05) is 26.2 Å². The summed E-state index contributed by atoms with van der Waals surface area (Å²) < 4.78 is 43.1. The summed E-state index contributed by atoms with van der Waals surface area (Å²) >= 11 is 0. The number of hydrogen-bond acceptors (Lipinski definition) is 4. The zero-order chi connectivity index (χ0) is 19.7. The standard InChI is InChI=1S/C15H20F3NO.C2H2O4/c1-12-4-3-7-19(11-12)8-9-20-14-6-2-5-13(10-14)15(16,17)18;3-1(4)2(5)6/h2,5-6,10,12H,3-4,7-9,11H2,1H3;(H,3,4)(H,5,6). The number of piperidine rings is 1. The lowest BCUT2D eigenvalue weighted by Crippen LogP contribution is -2.37. The van der Waals surface area contributed by atoms with E-state index in [0.29, 0.717) is 12.5 Å². The number of likely N-dealkylation sites (tertiary alicyclic amines) is 1. The molecule has 1 saturated heterocycles. The van der Waals surface area contributed by atoms with Crippen molar-refractivity contribution in [2.24, 2.45) is 5.92 Å². The number of nitrogens with zero attached hydrogens (tertiary/aromatic N) is 1. The second-order valence-corrected chi connectivity index (χ2v) is 6.03. The molecule has 146 valence electrons. The lowest BCUT2D eigenvalue weighted by molar-refractivity contribution is -0.159. The van der Waals surface area contributed by atoms with E-state index in [9.17, 15) is 13.2 Å². The Hall–Kier alpha value is -2.29. The van der Waals surface area contributed by atoms with Crippen molar-refractivity contribution in [3.8, 4) is 5.75 Å². The lowest BCUT2D eigenvalue weighted by Gasteiger charge is -2.30. The average molecular weight is 377 g/mol. The van der Waals surface area contributed by atoms with Crippen LogP contribution in [0.25, 0.3) is 0 Å². The second-order valence-electron chi connectivity index (χ2n) is 6.03. The summed E-state index contributed by atoms with van der Waals surface area (Å²) in [6.45, 7) is 5.51. The monoisotopic (exact) mass is 377 g/mol. The lowest BCUT2D eigenvalue weighted by atomic mass is 10.0. The summed E-state index contributed by atoms with van der Waals surface area (Å²) in [7, 11) is 0. The van der Waals surface area contributed by atoms with E-state index in [4.69, 9.17) is 24.5 Å². The van der Waals surface area contributed by atoms with E-state index < -0.39 is 23.7 Å². The molecule has 9 heteroatoms. The normalized spacial score (nSPS) is 17.8. The summed E-state index contributed by atoms with van der Waals surface area (Å²) in [5.74, 6) is -2.67. The minimum atomic E-state index is -4.32. The number of carboxylic acids is 2. The molecule has 1 atom stereocenters. The number of benzene rings is 1. The molecule has 0 saturated carbocycles. The Kier molecular flexibility index (Phi) is 8.37.